The normalized spacial score (nSPS) is 10.8. The number of fused-ring (bicyclic) bond motifs is 1. The topological polar surface area (TPSA) is 53.4 Å². The molecule has 0 unspecified atom stereocenters. The van der Waals surface area contributed by atoms with Crippen molar-refractivity contribution >= 4 is 17.0 Å². The number of methoxy groups -OCH3 is 1. The fourth-order valence-corrected chi connectivity index (χ4v) is 3.21. The third-order valence-electron chi connectivity index (χ3n) is 4.53. The summed E-state index contributed by atoms with van der Waals surface area (Å²) in [6, 6.07) is 23.6. The number of hydrogen-bond acceptors (Lipinski definition) is 4. The molecule has 4 rings (SSSR count). The lowest BCUT2D eigenvalue weighted by Crippen LogP contribution is -2.08. The number of ether oxygens (including phenoxy) is 2. The van der Waals surface area contributed by atoms with Crippen molar-refractivity contribution in [3.8, 4) is 22.7 Å². The number of pyridine rings is 1. The Morgan fingerprint density at radius 1 is 1.00 bits per heavy atom. The molecule has 0 aliphatic heterocycles. The van der Waals surface area contributed by atoms with Gasteiger partial charge in [0.25, 0.3) is 0 Å². The standard InChI is InChI=1S/C23H20N2O3/c1-3-28-23(26)20-14-9-17-15-21(16-7-5-4-6-8-16)25(22(17)24-20)18-10-12-19(27-2)13-11-18/h4-15H,3H2,1-2H3. The first-order valence-electron chi connectivity index (χ1n) is 9.10. The monoisotopic (exact) mass is 372 g/mol. The highest BCUT2D eigenvalue weighted by atomic mass is 16.5. The summed E-state index contributed by atoms with van der Waals surface area (Å²) < 4.78 is 12.4. The van der Waals surface area contributed by atoms with Crippen molar-refractivity contribution in [2.45, 2.75) is 6.92 Å². The molecule has 0 amide bonds. The second-order valence-corrected chi connectivity index (χ2v) is 6.26. The summed E-state index contributed by atoms with van der Waals surface area (Å²) in [6.07, 6.45) is 0. The summed E-state index contributed by atoms with van der Waals surface area (Å²) in [4.78, 5) is 16.8. The van der Waals surface area contributed by atoms with Gasteiger partial charge < -0.3 is 9.47 Å². The fraction of sp³-hybridized carbons (Fsp3) is 0.130. The molecule has 2 aromatic carbocycles. The zero-order valence-electron chi connectivity index (χ0n) is 15.8. The number of benzene rings is 2. The van der Waals surface area contributed by atoms with Gasteiger partial charge in [0.1, 0.15) is 11.4 Å². The molecule has 0 aliphatic rings. The summed E-state index contributed by atoms with van der Waals surface area (Å²) in [6.45, 7) is 2.09. The quantitative estimate of drug-likeness (QED) is 0.469. The highest BCUT2D eigenvalue weighted by Crippen LogP contribution is 2.31. The van der Waals surface area contributed by atoms with Crippen LogP contribution in [0.15, 0.2) is 72.8 Å². The van der Waals surface area contributed by atoms with E-state index in [2.05, 4.69) is 23.2 Å². The van der Waals surface area contributed by atoms with E-state index in [4.69, 9.17) is 9.47 Å². The van der Waals surface area contributed by atoms with Gasteiger partial charge in [0.2, 0.25) is 0 Å². The lowest BCUT2D eigenvalue weighted by atomic mass is 10.1. The van der Waals surface area contributed by atoms with Crippen LogP contribution in [0.4, 0.5) is 0 Å². The van der Waals surface area contributed by atoms with E-state index in [9.17, 15) is 4.79 Å². The Morgan fingerprint density at radius 2 is 1.75 bits per heavy atom. The molecule has 0 radical (unpaired) electrons. The van der Waals surface area contributed by atoms with Crippen LogP contribution in [0.3, 0.4) is 0 Å². The molecule has 0 N–H and O–H groups in total. The van der Waals surface area contributed by atoms with Crippen molar-refractivity contribution in [2.75, 3.05) is 13.7 Å². The van der Waals surface area contributed by atoms with Gasteiger partial charge in [-0.25, -0.2) is 9.78 Å². The molecule has 0 aliphatic carbocycles. The largest absolute Gasteiger partial charge is 0.497 e. The summed E-state index contributed by atoms with van der Waals surface area (Å²) >= 11 is 0. The van der Waals surface area contributed by atoms with E-state index in [1.807, 2.05) is 53.1 Å². The Kier molecular flexibility index (Phi) is 4.81. The van der Waals surface area contributed by atoms with Crippen molar-refractivity contribution in [1.82, 2.24) is 9.55 Å². The molecule has 0 fully saturated rings. The van der Waals surface area contributed by atoms with Crippen LogP contribution >= 0.6 is 0 Å². The third kappa shape index (κ3) is 3.22. The second-order valence-electron chi connectivity index (χ2n) is 6.26. The summed E-state index contributed by atoms with van der Waals surface area (Å²) in [5.41, 5.74) is 3.99. The smallest absolute Gasteiger partial charge is 0.356 e. The van der Waals surface area contributed by atoms with E-state index in [1.54, 1.807) is 20.1 Å². The average Bonchev–Trinajstić information content (AvgIpc) is 3.13. The Morgan fingerprint density at radius 3 is 2.43 bits per heavy atom. The van der Waals surface area contributed by atoms with E-state index in [0.717, 1.165) is 28.1 Å². The van der Waals surface area contributed by atoms with Gasteiger partial charge in [-0.1, -0.05) is 30.3 Å². The number of aromatic nitrogens is 2. The van der Waals surface area contributed by atoms with Crippen molar-refractivity contribution in [1.29, 1.82) is 0 Å². The molecule has 2 aromatic heterocycles. The van der Waals surface area contributed by atoms with E-state index in [-0.39, 0.29) is 0 Å². The van der Waals surface area contributed by atoms with Crippen LogP contribution in [0, 0.1) is 0 Å². The number of carbonyl (C=O) groups is 1. The number of nitrogens with zero attached hydrogens (tertiary/aromatic N) is 2. The zero-order chi connectivity index (χ0) is 19.5. The van der Waals surface area contributed by atoms with Gasteiger partial charge in [-0.05, 0) is 55.0 Å². The maximum Gasteiger partial charge on any atom is 0.356 e. The molecule has 0 atom stereocenters. The Labute approximate surface area is 163 Å². The van der Waals surface area contributed by atoms with Crippen molar-refractivity contribution in [2.24, 2.45) is 0 Å². The van der Waals surface area contributed by atoms with Crippen LogP contribution in [-0.2, 0) is 4.74 Å². The van der Waals surface area contributed by atoms with Crippen molar-refractivity contribution in [3.63, 3.8) is 0 Å². The Balaban J connectivity index is 1.95. The van der Waals surface area contributed by atoms with Crippen LogP contribution in [0.5, 0.6) is 5.75 Å². The molecular formula is C23H20N2O3. The van der Waals surface area contributed by atoms with Crippen LogP contribution in [0.25, 0.3) is 28.0 Å². The SMILES string of the molecule is CCOC(=O)c1ccc2cc(-c3ccccc3)n(-c3ccc(OC)cc3)c2n1. The molecule has 0 saturated heterocycles. The molecule has 0 saturated carbocycles. The van der Waals surface area contributed by atoms with Crippen molar-refractivity contribution < 1.29 is 14.3 Å². The van der Waals surface area contributed by atoms with E-state index >= 15 is 0 Å². The van der Waals surface area contributed by atoms with Gasteiger partial charge in [-0.2, -0.15) is 0 Å². The highest BCUT2D eigenvalue weighted by Gasteiger charge is 2.16. The van der Waals surface area contributed by atoms with E-state index < -0.39 is 5.97 Å². The minimum atomic E-state index is -0.423. The van der Waals surface area contributed by atoms with Gasteiger partial charge in [-0.3, -0.25) is 4.57 Å². The van der Waals surface area contributed by atoms with Crippen LogP contribution in [-0.4, -0.2) is 29.2 Å². The minimum absolute atomic E-state index is 0.293. The Hall–Kier alpha value is -3.60. The fourth-order valence-electron chi connectivity index (χ4n) is 3.21. The average molecular weight is 372 g/mol. The minimum Gasteiger partial charge on any atom is -0.497 e. The molecule has 2 heterocycles. The highest BCUT2D eigenvalue weighted by molar-refractivity contribution is 5.93. The van der Waals surface area contributed by atoms with Crippen molar-refractivity contribution in [3.05, 3.63) is 78.5 Å². The van der Waals surface area contributed by atoms with Crippen LogP contribution in [0.1, 0.15) is 17.4 Å². The third-order valence-corrected chi connectivity index (χ3v) is 4.53. The van der Waals surface area contributed by atoms with Gasteiger partial charge in [0.05, 0.1) is 19.4 Å². The molecule has 140 valence electrons. The summed E-state index contributed by atoms with van der Waals surface area (Å²) in [5, 5.41) is 0.947. The van der Waals surface area contributed by atoms with Crippen LogP contribution in [0.2, 0.25) is 0 Å². The molecular weight excluding hydrogens is 352 g/mol. The van der Waals surface area contributed by atoms with Gasteiger partial charge in [0, 0.05) is 11.1 Å². The lowest BCUT2D eigenvalue weighted by Gasteiger charge is -2.12. The zero-order valence-corrected chi connectivity index (χ0v) is 15.8. The molecule has 28 heavy (non-hydrogen) atoms. The van der Waals surface area contributed by atoms with Gasteiger partial charge in [0.15, 0.2) is 5.69 Å². The van der Waals surface area contributed by atoms with Crippen LogP contribution < -0.4 is 4.74 Å². The predicted octanol–water partition coefficient (Wildman–Crippen LogP) is 4.88. The molecule has 0 spiro atoms. The molecule has 4 aromatic rings. The summed E-state index contributed by atoms with van der Waals surface area (Å²) in [7, 11) is 1.64. The molecule has 5 heteroatoms. The maximum atomic E-state index is 12.2. The number of hydrogen-bond donors (Lipinski definition) is 0. The first-order chi connectivity index (χ1) is 13.7. The van der Waals surface area contributed by atoms with Gasteiger partial charge in [-0.15, -0.1) is 0 Å². The predicted molar refractivity (Wildman–Crippen MR) is 109 cm³/mol. The Bertz CT molecular complexity index is 1120. The second kappa shape index (κ2) is 7.56. The van der Waals surface area contributed by atoms with E-state index in [1.165, 1.54) is 0 Å². The van der Waals surface area contributed by atoms with E-state index in [0.29, 0.717) is 17.9 Å². The van der Waals surface area contributed by atoms with Gasteiger partial charge >= 0.3 is 5.97 Å². The molecule has 5 nitrogen and oxygen atoms in total. The molecule has 0 bridgehead atoms. The first-order valence-corrected chi connectivity index (χ1v) is 9.10. The lowest BCUT2D eigenvalue weighted by molar-refractivity contribution is 0.0520. The maximum absolute atomic E-state index is 12.2. The number of esters is 1. The summed E-state index contributed by atoms with van der Waals surface area (Å²) in [5.74, 6) is 0.356. The number of carbonyl (C=O) groups excluding carboxylic acids is 1. The first kappa shape index (κ1) is 17.8. The number of rotatable bonds is 5.